The van der Waals surface area contributed by atoms with Gasteiger partial charge in [-0.05, 0) is 47.3 Å². The zero-order valence-electron chi connectivity index (χ0n) is 14.8. The quantitative estimate of drug-likeness (QED) is 0.711. The van der Waals surface area contributed by atoms with Crippen LogP contribution in [0, 0.1) is 16.7 Å². The van der Waals surface area contributed by atoms with Gasteiger partial charge in [-0.1, -0.05) is 72.2 Å². The molecule has 1 atom stereocenters. The summed E-state index contributed by atoms with van der Waals surface area (Å²) in [5.41, 5.74) is 3.76. The minimum atomic E-state index is 0.417. The van der Waals surface area contributed by atoms with Crippen LogP contribution in [0.4, 0.5) is 0 Å². The number of hydrogen-bond donors (Lipinski definition) is 1. The number of benzene rings is 1. The smallest absolute Gasteiger partial charge is 0.0359 e. The van der Waals surface area contributed by atoms with Gasteiger partial charge in [-0.3, -0.25) is 0 Å². The summed E-state index contributed by atoms with van der Waals surface area (Å²) in [6, 6.07) is 9.83. The van der Waals surface area contributed by atoms with Gasteiger partial charge in [0.2, 0.25) is 0 Å². The monoisotopic (exact) mass is 287 g/mol. The van der Waals surface area contributed by atoms with Gasteiger partial charge in [0.25, 0.3) is 0 Å². The van der Waals surface area contributed by atoms with Crippen LogP contribution in [-0.4, -0.2) is 6.54 Å². The van der Waals surface area contributed by atoms with Crippen LogP contribution < -0.4 is 5.32 Å². The van der Waals surface area contributed by atoms with Crippen LogP contribution in [0.2, 0.25) is 0 Å². The van der Waals surface area contributed by atoms with Crippen molar-refractivity contribution >= 4 is 0 Å². The van der Waals surface area contributed by atoms with E-state index in [1.807, 2.05) is 0 Å². The average Bonchev–Trinajstić information content (AvgIpc) is 2.84. The van der Waals surface area contributed by atoms with Crippen LogP contribution in [0.1, 0.15) is 71.6 Å². The number of hydrogen-bond acceptors (Lipinski definition) is 1. The zero-order chi connectivity index (χ0) is 15.7. The molecule has 1 heteroatoms. The van der Waals surface area contributed by atoms with Gasteiger partial charge in [-0.2, -0.15) is 0 Å². The van der Waals surface area contributed by atoms with Crippen molar-refractivity contribution < 1.29 is 0 Å². The first-order valence-electron chi connectivity index (χ1n) is 8.68. The molecule has 1 aromatic rings. The predicted octanol–water partition coefficient (Wildman–Crippen LogP) is 5.36. The molecule has 1 fully saturated rings. The van der Waals surface area contributed by atoms with Gasteiger partial charge in [0.15, 0.2) is 0 Å². The van der Waals surface area contributed by atoms with E-state index in [0.29, 0.717) is 22.8 Å². The fraction of sp³-hybridized carbons (Fsp3) is 0.700. The maximum absolute atomic E-state index is 3.81. The molecule has 1 aromatic carbocycles. The molecule has 0 spiro atoms. The van der Waals surface area contributed by atoms with Crippen LogP contribution in [0.5, 0.6) is 0 Å². The minimum absolute atomic E-state index is 0.417. The average molecular weight is 287 g/mol. The van der Waals surface area contributed by atoms with Gasteiger partial charge in [0.05, 0.1) is 0 Å². The first-order valence-corrected chi connectivity index (χ1v) is 8.68. The largest absolute Gasteiger partial charge is 0.310 e. The molecule has 0 aliphatic heterocycles. The Balaban J connectivity index is 2.21. The summed E-state index contributed by atoms with van der Waals surface area (Å²) in [6.07, 6.45) is 3.60. The van der Waals surface area contributed by atoms with Crippen molar-refractivity contribution in [3.63, 3.8) is 0 Å². The minimum Gasteiger partial charge on any atom is -0.310 e. The molecule has 21 heavy (non-hydrogen) atoms. The molecule has 1 unspecified atom stereocenters. The van der Waals surface area contributed by atoms with E-state index in [4.69, 9.17) is 0 Å². The molecule has 0 saturated heterocycles. The molecule has 1 N–H and O–H groups in total. The molecule has 2 rings (SSSR count). The fourth-order valence-corrected chi connectivity index (χ4v) is 3.99. The number of rotatable bonds is 7. The topological polar surface area (TPSA) is 12.0 Å². The Hall–Kier alpha value is -0.820. The summed E-state index contributed by atoms with van der Waals surface area (Å²) in [5, 5.41) is 3.81. The van der Waals surface area contributed by atoms with Crippen molar-refractivity contribution in [2.24, 2.45) is 16.7 Å². The van der Waals surface area contributed by atoms with Crippen molar-refractivity contribution in [1.29, 1.82) is 0 Å². The lowest BCUT2D eigenvalue weighted by Gasteiger charge is -2.22. The molecule has 0 radical (unpaired) electrons. The van der Waals surface area contributed by atoms with Crippen molar-refractivity contribution in [2.75, 3.05) is 6.54 Å². The summed E-state index contributed by atoms with van der Waals surface area (Å²) in [7, 11) is 0. The lowest BCUT2D eigenvalue weighted by molar-refractivity contribution is 0.410. The Bertz CT molecular complexity index is 441. The molecule has 0 amide bonds. The normalized spacial score (nSPS) is 21.2. The van der Waals surface area contributed by atoms with Crippen LogP contribution in [0.25, 0.3) is 0 Å². The molecule has 1 aliphatic rings. The zero-order valence-corrected chi connectivity index (χ0v) is 14.8. The molecule has 0 bridgehead atoms. The SMILES string of the molecule is CCCNC(c1ccc(CCC)cc1)C1C(C)(C)C1(C)C. The van der Waals surface area contributed by atoms with E-state index in [1.165, 1.54) is 30.4 Å². The van der Waals surface area contributed by atoms with E-state index >= 15 is 0 Å². The lowest BCUT2D eigenvalue weighted by Crippen LogP contribution is -2.26. The van der Waals surface area contributed by atoms with Crippen LogP contribution in [0.3, 0.4) is 0 Å². The Kier molecular flexibility index (Phi) is 4.82. The Morgan fingerprint density at radius 3 is 1.95 bits per heavy atom. The van der Waals surface area contributed by atoms with Gasteiger partial charge in [0, 0.05) is 6.04 Å². The first kappa shape index (κ1) is 16.5. The maximum atomic E-state index is 3.81. The third-order valence-corrected chi connectivity index (χ3v) is 5.96. The highest BCUT2D eigenvalue weighted by Gasteiger charge is 2.67. The summed E-state index contributed by atoms with van der Waals surface area (Å²) < 4.78 is 0. The van der Waals surface area contributed by atoms with Gasteiger partial charge in [-0.25, -0.2) is 0 Å². The van der Waals surface area contributed by atoms with E-state index in [-0.39, 0.29) is 0 Å². The Labute approximate surface area is 131 Å². The van der Waals surface area contributed by atoms with Crippen LogP contribution in [0.15, 0.2) is 24.3 Å². The first-order chi connectivity index (χ1) is 9.86. The molecule has 1 saturated carbocycles. The molecule has 1 aliphatic carbocycles. The van der Waals surface area contributed by atoms with Gasteiger partial charge < -0.3 is 5.32 Å². The highest BCUT2D eigenvalue weighted by atomic mass is 15.0. The van der Waals surface area contributed by atoms with Crippen molar-refractivity contribution in [3.05, 3.63) is 35.4 Å². The molecule has 1 nitrogen and oxygen atoms in total. The second-order valence-corrected chi connectivity index (χ2v) is 7.84. The fourth-order valence-electron chi connectivity index (χ4n) is 3.99. The molecule has 0 aromatic heterocycles. The second-order valence-electron chi connectivity index (χ2n) is 7.84. The number of aryl methyl sites for hydroxylation is 1. The van der Waals surface area contributed by atoms with E-state index in [9.17, 15) is 0 Å². The van der Waals surface area contributed by atoms with E-state index in [2.05, 4.69) is 71.1 Å². The molecular formula is C20H33N. The third kappa shape index (κ3) is 3.04. The van der Waals surface area contributed by atoms with E-state index < -0.39 is 0 Å². The summed E-state index contributed by atoms with van der Waals surface area (Å²) in [4.78, 5) is 0. The van der Waals surface area contributed by atoms with E-state index in [1.54, 1.807) is 0 Å². The Morgan fingerprint density at radius 2 is 1.52 bits per heavy atom. The van der Waals surface area contributed by atoms with Gasteiger partial charge >= 0.3 is 0 Å². The van der Waals surface area contributed by atoms with Gasteiger partial charge in [0.1, 0.15) is 0 Å². The number of nitrogens with one attached hydrogen (secondary N) is 1. The Morgan fingerprint density at radius 1 is 0.952 bits per heavy atom. The van der Waals surface area contributed by atoms with Crippen LogP contribution >= 0.6 is 0 Å². The third-order valence-electron chi connectivity index (χ3n) is 5.96. The maximum Gasteiger partial charge on any atom is 0.0359 e. The molecule has 0 heterocycles. The van der Waals surface area contributed by atoms with Crippen LogP contribution in [-0.2, 0) is 6.42 Å². The molecular weight excluding hydrogens is 254 g/mol. The lowest BCUT2D eigenvalue weighted by atomic mass is 9.95. The highest BCUT2D eigenvalue weighted by molar-refractivity contribution is 5.30. The van der Waals surface area contributed by atoms with Crippen molar-refractivity contribution in [1.82, 2.24) is 5.32 Å². The standard InChI is InChI=1S/C20H33N/c1-7-9-15-10-12-16(13-11-15)17(21-14-8-2)18-19(3,4)20(18,5)6/h10-13,17-18,21H,7-9,14H2,1-6H3. The highest BCUT2D eigenvalue weighted by Crippen LogP contribution is 2.72. The molecule has 118 valence electrons. The second kappa shape index (κ2) is 6.12. The van der Waals surface area contributed by atoms with Crippen molar-refractivity contribution in [2.45, 2.75) is 66.8 Å². The summed E-state index contributed by atoms with van der Waals surface area (Å²) in [5.74, 6) is 0.716. The van der Waals surface area contributed by atoms with Crippen molar-refractivity contribution in [3.8, 4) is 0 Å². The van der Waals surface area contributed by atoms with E-state index in [0.717, 1.165) is 6.54 Å². The van der Waals surface area contributed by atoms with Gasteiger partial charge in [-0.15, -0.1) is 0 Å². The summed E-state index contributed by atoms with van der Waals surface area (Å²) >= 11 is 0. The summed E-state index contributed by atoms with van der Waals surface area (Å²) in [6.45, 7) is 15.3. The predicted molar refractivity (Wildman–Crippen MR) is 92.5 cm³/mol.